The first-order valence-electron chi connectivity index (χ1n) is 5.12. The third-order valence-electron chi connectivity index (χ3n) is 2.76. The highest BCUT2D eigenvalue weighted by Crippen LogP contribution is 2.24. The number of nitrogens with two attached hydrogens (primary N) is 1. The first kappa shape index (κ1) is 11.0. The maximum Gasteiger partial charge on any atom is 0.128 e. The van der Waals surface area contributed by atoms with E-state index in [-0.39, 0.29) is 5.82 Å². The van der Waals surface area contributed by atoms with E-state index in [1.807, 2.05) is 13.8 Å². The molecule has 0 spiro atoms. The number of halogens is 1. The topological polar surface area (TPSA) is 26.0 Å². The van der Waals surface area contributed by atoms with Gasteiger partial charge >= 0.3 is 0 Å². The molecule has 1 aromatic carbocycles. The van der Waals surface area contributed by atoms with Gasteiger partial charge < -0.3 is 5.73 Å². The molecule has 0 radical (unpaired) electrons. The molecule has 78 valence electrons. The van der Waals surface area contributed by atoms with Gasteiger partial charge in [0, 0.05) is 5.69 Å². The van der Waals surface area contributed by atoms with Gasteiger partial charge in [0.25, 0.3) is 0 Å². The fourth-order valence-electron chi connectivity index (χ4n) is 1.68. The van der Waals surface area contributed by atoms with Crippen LogP contribution in [0.3, 0.4) is 0 Å². The highest BCUT2D eigenvalue weighted by molar-refractivity contribution is 5.53. The Morgan fingerprint density at radius 1 is 1.29 bits per heavy atom. The molecule has 0 aliphatic rings. The monoisotopic (exact) mass is 195 g/mol. The van der Waals surface area contributed by atoms with Gasteiger partial charge in [0.2, 0.25) is 0 Å². The lowest BCUT2D eigenvalue weighted by Gasteiger charge is -2.12. The van der Waals surface area contributed by atoms with Gasteiger partial charge in [-0.2, -0.15) is 0 Å². The van der Waals surface area contributed by atoms with Crippen molar-refractivity contribution in [2.45, 2.75) is 40.0 Å². The van der Waals surface area contributed by atoms with Crippen LogP contribution in [0.25, 0.3) is 0 Å². The average Bonchev–Trinajstić information content (AvgIpc) is 2.15. The van der Waals surface area contributed by atoms with Gasteiger partial charge in [-0.25, -0.2) is 4.39 Å². The molecule has 0 bridgehead atoms. The summed E-state index contributed by atoms with van der Waals surface area (Å²) in [6.45, 7) is 5.92. The molecule has 2 heteroatoms. The maximum atomic E-state index is 13.4. The Balaban J connectivity index is 3.11. The molecule has 0 saturated carbocycles. The predicted molar refractivity (Wildman–Crippen MR) is 58.9 cm³/mol. The van der Waals surface area contributed by atoms with Crippen molar-refractivity contribution in [1.82, 2.24) is 0 Å². The normalized spacial score (nSPS) is 10.6. The molecule has 0 saturated heterocycles. The highest BCUT2D eigenvalue weighted by atomic mass is 19.1. The van der Waals surface area contributed by atoms with Gasteiger partial charge in [0.05, 0.1) is 0 Å². The van der Waals surface area contributed by atoms with E-state index in [1.54, 1.807) is 0 Å². The quantitative estimate of drug-likeness (QED) is 0.735. The lowest BCUT2D eigenvalue weighted by atomic mass is 9.96. The lowest BCUT2D eigenvalue weighted by molar-refractivity contribution is 0.613. The van der Waals surface area contributed by atoms with Gasteiger partial charge in [0.1, 0.15) is 5.82 Å². The van der Waals surface area contributed by atoms with Crippen LogP contribution in [0.4, 0.5) is 10.1 Å². The number of rotatable bonds is 3. The second-order valence-electron chi connectivity index (χ2n) is 3.78. The van der Waals surface area contributed by atoms with E-state index in [9.17, 15) is 4.39 Å². The van der Waals surface area contributed by atoms with E-state index in [0.29, 0.717) is 5.69 Å². The summed E-state index contributed by atoms with van der Waals surface area (Å²) < 4.78 is 13.4. The summed E-state index contributed by atoms with van der Waals surface area (Å²) in [4.78, 5) is 0. The minimum atomic E-state index is -0.181. The molecule has 2 N–H and O–H groups in total. The summed E-state index contributed by atoms with van der Waals surface area (Å²) in [5.41, 5.74) is 9.17. The second kappa shape index (κ2) is 4.45. The number of anilines is 1. The molecule has 0 aliphatic carbocycles. The van der Waals surface area contributed by atoms with Gasteiger partial charge in [-0.05, 0) is 49.4 Å². The van der Waals surface area contributed by atoms with Crippen molar-refractivity contribution in [3.05, 3.63) is 28.6 Å². The summed E-state index contributed by atoms with van der Waals surface area (Å²) >= 11 is 0. The number of hydrogen-bond donors (Lipinski definition) is 1. The predicted octanol–water partition coefficient (Wildman–Crippen LogP) is 3.37. The van der Waals surface area contributed by atoms with E-state index in [1.165, 1.54) is 6.07 Å². The summed E-state index contributed by atoms with van der Waals surface area (Å²) in [6, 6.07) is 1.42. The van der Waals surface area contributed by atoms with Crippen LogP contribution in [0.15, 0.2) is 6.07 Å². The van der Waals surface area contributed by atoms with Crippen LogP contribution in [0.2, 0.25) is 0 Å². The van der Waals surface area contributed by atoms with E-state index < -0.39 is 0 Å². The largest absolute Gasteiger partial charge is 0.398 e. The molecule has 0 aromatic heterocycles. The van der Waals surface area contributed by atoms with Gasteiger partial charge in [-0.3, -0.25) is 0 Å². The van der Waals surface area contributed by atoms with Crippen LogP contribution in [-0.4, -0.2) is 0 Å². The minimum absolute atomic E-state index is 0.181. The molecule has 0 unspecified atom stereocenters. The van der Waals surface area contributed by atoms with Crippen molar-refractivity contribution in [3.8, 4) is 0 Å². The summed E-state index contributed by atoms with van der Waals surface area (Å²) in [6.07, 6.45) is 3.13. The molecule has 0 aliphatic heterocycles. The van der Waals surface area contributed by atoms with Crippen LogP contribution in [0.5, 0.6) is 0 Å². The van der Waals surface area contributed by atoms with Crippen LogP contribution >= 0.6 is 0 Å². The molecule has 0 amide bonds. The van der Waals surface area contributed by atoms with Crippen LogP contribution in [-0.2, 0) is 6.42 Å². The third kappa shape index (κ3) is 2.06. The van der Waals surface area contributed by atoms with E-state index >= 15 is 0 Å². The first-order valence-corrected chi connectivity index (χ1v) is 5.12. The minimum Gasteiger partial charge on any atom is -0.398 e. The first-order chi connectivity index (χ1) is 6.57. The smallest absolute Gasteiger partial charge is 0.128 e. The second-order valence-corrected chi connectivity index (χ2v) is 3.78. The standard InChI is InChI=1S/C12H18FN/c1-4-5-6-10-8(2)11(13)7-12(14)9(10)3/h7H,4-6,14H2,1-3H3. The van der Waals surface area contributed by atoms with Crippen molar-refractivity contribution in [2.75, 3.05) is 5.73 Å². The van der Waals surface area contributed by atoms with Gasteiger partial charge in [0.15, 0.2) is 0 Å². The SMILES string of the molecule is CCCCc1c(C)c(N)cc(F)c1C. The Morgan fingerprint density at radius 3 is 2.50 bits per heavy atom. The molecule has 1 nitrogen and oxygen atoms in total. The molecule has 14 heavy (non-hydrogen) atoms. The maximum absolute atomic E-state index is 13.4. The third-order valence-corrected chi connectivity index (χ3v) is 2.76. The lowest BCUT2D eigenvalue weighted by Crippen LogP contribution is -2.02. The summed E-state index contributed by atoms with van der Waals surface area (Å²) in [5, 5.41) is 0. The zero-order chi connectivity index (χ0) is 10.7. The van der Waals surface area contributed by atoms with Crippen molar-refractivity contribution in [2.24, 2.45) is 0 Å². The van der Waals surface area contributed by atoms with Crippen LogP contribution in [0.1, 0.15) is 36.5 Å². The molecule has 0 heterocycles. The van der Waals surface area contributed by atoms with E-state index in [0.717, 1.165) is 36.0 Å². The Kier molecular flexibility index (Phi) is 3.50. The molecule has 1 rings (SSSR count). The van der Waals surface area contributed by atoms with Gasteiger partial charge in [-0.15, -0.1) is 0 Å². The van der Waals surface area contributed by atoms with Crippen molar-refractivity contribution >= 4 is 5.69 Å². The molecule has 0 fully saturated rings. The van der Waals surface area contributed by atoms with Crippen LogP contribution < -0.4 is 5.73 Å². The zero-order valence-corrected chi connectivity index (χ0v) is 9.15. The Labute approximate surface area is 85.1 Å². The zero-order valence-electron chi connectivity index (χ0n) is 9.15. The number of benzene rings is 1. The fourth-order valence-corrected chi connectivity index (χ4v) is 1.68. The Bertz CT molecular complexity index is 305. The van der Waals surface area contributed by atoms with Crippen molar-refractivity contribution in [1.29, 1.82) is 0 Å². The number of hydrogen-bond acceptors (Lipinski definition) is 1. The van der Waals surface area contributed by atoms with E-state index in [4.69, 9.17) is 5.73 Å². The molecular formula is C12H18FN. The van der Waals surface area contributed by atoms with E-state index in [2.05, 4.69) is 6.92 Å². The number of unbranched alkanes of at least 4 members (excludes halogenated alkanes) is 1. The highest BCUT2D eigenvalue weighted by Gasteiger charge is 2.09. The molecule has 0 atom stereocenters. The number of nitrogen functional groups attached to an aromatic ring is 1. The van der Waals surface area contributed by atoms with Crippen molar-refractivity contribution in [3.63, 3.8) is 0 Å². The van der Waals surface area contributed by atoms with Crippen LogP contribution in [0, 0.1) is 19.7 Å². The van der Waals surface area contributed by atoms with Gasteiger partial charge in [-0.1, -0.05) is 13.3 Å². The fraction of sp³-hybridized carbons (Fsp3) is 0.500. The molecule has 1 aromatic rings. The molecular weight excluding hydrogens is 177 g/mol. The summed E-state index contributed by atoms with van der Waals surface area (Å²) in [7, 11) is 0. The Hall–Kier alpha value is -1.05. The average molecular weight is 195 g/mol. The Morgan fingerprint density at radius 2 is 1.93 bits per heavy atom. The van der Waals surface area contributed by atoms with Crippen molar-refractivity contribution < 1.29 is 4.39 Å². The summed E-state index contributed by atoms with van der Waals surface area (Å²) in [5.74, 6) is -0.181.